The van der Waals surface area contributed by atoms with E-state index in [9.17, 15) is 15.2 Å². The van der Waals surface area contributed by atoms with Gasteiger partial charge >= 0.3 is 0 Å². The van der Waals surface area contributed by atoms with Gasteiger partial charge in [-0.1, -0.05) is 6.42 Å². The number of nitro groups is 1. The van der Waals surface area contributed by atoms with E-state index in [0.29, 0.717) is 12.8 Å². The number of hydrogen-bond donors (Lipinski definition) is 1. The first-order valence-corrected chi connectivity index (χ1v) is 4.42. The molecule has 0 bridgehead atoms. The van der Waals surface area contributed by atoms with Crippen molar-refractivity contribution in [2.24, 2.45) is 0 Å². The monoisotopic (exact) mass is 173 g/mol. The average Bonchev–Trinajstić information content (AvgIpc) is 2.05. The third kappa shape index (κ3) is 1.43. The highest BCUT2D eigenvalue weighted by Gasteiger charge is 2.48. The van der Waals surface area contributed by atoms with E-state index in [4.69, 9.17) is 0 Å². The molecular formula is C8H15NO3. The summed E-state index contributed by atoms with van der Waals surface area (Å²) < 4.78 is 0. The zero-order valence-electron chi connectivity index (χ0n) is 7.32. The summed E-state index contributed by atoms with van der Waals surface area (Å²) >= 11 is 0. The number of hydrogen-bond acceptors (Lipinski definition) is 3. The van der Waals surface area contributed by atoms with E-state index in [-0.39, 0.29) is 4.92 Å². The van der Waals surface area contributed by atoms with Crippen molar-refractivity contribution < 1.29 is 10.0 Å². The Morgan fingerprint density at radius 2 is 1.92 bits per heavy atom. The van der Waals surface area contributed by atoms with Gasteiger partial charge in [0.1, 0.15) is 6.10 Å². The van der Waals surface area contributed by atoms with E-state index in [1.165, 1.54) is 6.92 Å². The summed E-state index contributed by atoms with van der Waals surface area (Å²) in [5, 5.41) is 20.1. The number of rotatable bonds is 2. The van der Waals surface area contributed by atoms with Crippen LogP contribution in [0.15, 0.2) is 0 Å². The van der Waals surface area contributed by atoms with Crippen LogP contribution in [0.2, 0.25) is 0 Å². The van der Waals surface area contributed by atoms with Crippen LogP contribution in [0.4, 0.5) is 0 Å². The van der Waals surface area contributed by atoms with Gasteiger partial charge in [0.05, 0.1) is 0 Å². The summed E-state index contributed by atoms with van der Waals surface area (Å²) in [7, 11) is 0. The van der Waals surface area contributed by atoms with Crippen LogP contribution in [-0.2, 0) is 0 Å². The Morgan fingerprint density at radius 1 is 1.42 bits per heavy atom. The molecule has 1 N–H and O–H groups in total. The van der Waals surface area contributed by atoms with Crippen molar-refractivity contribution in [2.45, 2.75) is 50.7 Å². The number of aliphatic hydroxyl groups is 1. The normalized spacial score (nSPS) is 24.8. The van der Waals surface area contributed by atoms with E-state index in [0.717, 1.165) is 19.3 Å². The summed E-state index contributed by atoms with van der Waals surface area (Å²) in [6.07, 6.45) is 3.02. The first-order valence-electron chi connectivity index (χ1n) is 4.42. The summed E-state index contributed by atoms with van der Waals surface area (Å²) in [5.41, 5.74) is -1.04. The van der Waals surface area contributed by atoms with Gasteiger partial charge in [-0.25, -0.2) is 0 Å². The Bertz CT molecular complexity index is 173. The van der Waals surface area contributed by atoms with Crippen molar-refractivity contribution in [3.8, 4) is 0 Å². The second-order valence-corrected chi connectivity index (χ2v) is 3.60. The first kappa shape index (κ1) is 9.45. The molecule has 1 atom stereocenters. The van der Waals surface area contributed by atoms with Gasteiger partial charge in [0, 0.05) is 17.8 Å². The smallest absolute Gasteiger partial charge is 0.247 e. The minimum absolute atomic E-state index is 0.295. The van der Waals surface area contributed by atoms with Crippen LogP contribution in [0.1, 0.15) is 39.0 Å². The van der Waals surface area contributed by atoms with Gasteiger partial charge in [0.15, 0.2) is 0 Å². The van der Waals surface area contributed by atoms with Gasteiger partial charge in [0.25, 0.3) is 0 Å². The maximum Gasteiger partial charge on any atom is 0.247 e. The standard InChI is InChI=1S/C8H15NO3/c1-7(10)8(9(11)12)5-3-2-4-6-8/h7,10H,2-6H2,1H3/t7-/m1/s1. The Labute approximate surface area is 71.7 Å². The molecule has 1 saturated carbocycles. The van der Waals surface area contributed by atoms with Crippen LogP contribution in [0.3, 0.4) is 0 Å². The highest BCUT2D eigenvalue weighted by molar-refractivity contribution is 4.87. The summed E-state index contributed by atoms with van der Waals surface area (Å²) in [5.74, 6) is 0. The molecule has 0 heterocycles. The Morgan fingerprint density at radius 3 is 2.17 bits per heavy atom. The average molecular weight is 173 g/mol. The lowest BCUT2D eigenvalue weighted by molar-refractivity contribution is -0.587. The van der Waals surface area contributed by atoms with Gasteiger partial charge < -0.3 is 5.11 Å². The molecule has 0 aromatic carbocycles. The van der Waals surface area contributed by atoms with E-state index in [1.807, 2.05) is 0 Å². The highest BCUT2D eigenvalue weighted by atomic mass is 16.6. The third-order valence-electron chi connectivity index (χ3n) is 2.86. The third-order valence-corrected chi connectivity index (χ3v) is 2.86. The number of aliphatic hydroxyl groups excluding tert-OH is 1. The topological polar surface area (TPSA) is 63.4 Å². The van der Waals surface area contributed by atoms with Gasteiger partial charge in [0.2, 0.25) is 5.54 Å². The Hall–Kier alpha value is -0.640. The zero-order valence-corrected chi connectivity index (χ0v) is 7.32. The molecule has 0 amide bonds. The fourth-order valence-corrected chi connectivity index (χ4v) is 1.92. The molecular weight excluding hydrogens is 158 g/mol. The molecule has 0 radical (unpaired) electrons. The van der Waals surface area contributed by atoms with Crippen LogP contribution >= 0.6 is 0 Å². The molecule has 12 heavy (non-hydrogen) atoms. The molecule has 1 rings (SSSR count). The number of nitrogens with zero attached hydrogens (tertiary/aromatic N) is 1. The fourth-order valence-electron chi connectivity index (χ4n) is 1.92. The summed E-state index contributed by atoms with van der Waals surface area (Å²) in [6.45, 7) is 1.52. The second-order valence-electron chi connectivity index (χ2n) is 3.60. The molecule has 0 aromatic heterocycles. The largest absolute Gasteiger partial charge is 0.386 e. The quantitative estimate of drug-likeness (QED) is 0.506. The molecule has 4 nitrogen and oxygen atoms in total. The molecule has 0 aliphatic heterocycles. The van der Waals surface area contributed by atoms with Crippen molar-refractivity contribution in [1.82, 2.24) is 0 Å². The lowest BCUT2D eigenvalue weighted by atomic mass is 9.79. The zero-order chi connectivity index (χ0) is 9.19. The first-order chi connectivity index (χ1) is 5.59. The minimum atomic E-state index is -1.04. The lowest BCUT2D eigenvalue weighted by Crippen LogP contribution is -2.49. The minimum Gasteiger partial charge on any atom is -0.386 e. The molecule has 0 aromatic rings. The van der Waals surface area contributed by atoms with E-state index in [2.05, 4.69) is 0 Å². The molecule has 1 aliphatic carbocycles. The maximum atomic E-state index is 10.8. The SMILES string of the molecule is C[C@@H](O)C1([N+](=O)[O-])CCCCC1. The highest BCUT2D eigenvalue weighted by Crippen LogP contribution is 2.33. The van der Waals surface area contributed by atoms with Crippen LogP contribution in [0.25, 0.3) is 0 Å². The molecule has 70 valence electrons. The van der Waals surface area contributed by atoms with Crippen LogP contribution in [-0.4, -0.2) is 21.7 Å². The molecule has 0 spiro atoms. The van der Waals surface area contributed by atoms with Crippen molar-refractivity contribution in [3.05, 3.63) is 10.1 Å². The Balaban J connectivity index is 2.77. The predicted octanol–water partition coefficient (Wildman–Crippen LogP) is 1.35. The molecule has 4 heteroatoms. The van der Waals surface area contributed by atoms with Crippen molar-refractivity contribution >= 4 is 0 Å². The maximum absolute atomic E-state index is 10.8. The molecule has 1 aliphatic rings. The summed E-state index contributed by atoms with van der Waals surface area (Å²) in [4.78, 5) is 10.5. The lowest BCUT2D eigenvalue weighted by Gasteiger charge is -2.31. The van der Waals surface area contributed by atoms with E-state index >= 15 is 0 Å². The predicted molar refractivity (Wildman–Crippen MR) is 44.5 cm³/mol. The van der Waals surface area contributed by atoms with Crippen LogP contribution < -0.4 is 0 Å². The molecule has 1 fully saturated rings. The van der Waals surface area contributed by atoms with Gasteiger partial charge in [-0.15, -0.1) is 0 Å². The van der Waals surface area contributed by atoms with Gasteiger partial charge in [-0.3, -0.25) is 10.1 Å². The van der Waals surface area contributed by atoms with Crippen LogP contribution in [0.5, 0.6) is 0 Å². The fraction of sp³-hybridized carbons (Fsp3) is 1.00. The van der Waals surface area contributed by atoms with Crippen molar-refractivity contribution in [2.75, 3.05) is 0 Å². The Kier molecular flexibility index (Phi) is 2.67. The van der Waals surface area contributed by atoms with Gasteiger partial charge in [-0.2, -0.15) is 0 Å². The van der Waals surface area contributed by atoms with Crippen molar-refractivity contribution in [1.29, 1.82) is 0 Å². The van der Waals surface area contributed by atoms with E-state index in [1.54, 1.807) is 0 Å². The van der Waals surface area contributed by atoms with Crippen molar-refractivity contribution in [3.63, 3.8) is 0 Å². The van der Waals surface area contributed by atoms with Crippen LogP contribution in [0, 0.1) is 10.1 Å². The van der Waals surface area contributed by atoms with E-state index < -0.39 is 11.6 Å². The second kappa shape index (κ2) is 3.39. The summed E-state index contributed by atoms with van der Waals surface area (Å²) in [6, 6.07) is 0. The molecule has 0 saturated heterocycles. The molecule has 0 unspecified atom stereocenters. The van der Waals surface area contributed by atoms with Gasteiger partial charge in [-0.05, 0) is 19.8 Å².